The van der Waals surface area contributed by atoms with Gasteiger partial charge in [0, 0.05) is 0 Å². The number of hydrogen-bond acceptors (Lipinski definition) is 0. The van der Waals surface area contributed by atoms with Crippen molar-refractivity contribution >= 4 is 0 Å². The van der Waals surface area contributed by atoms with Crippen LogP contribution in [-0.4, -0.2) is 30.7 Å². The molecule has 0 bridgehead atoms. The van der Waals surface area contributed by atoms with E-state index in [2.05, 4.69) is 20.8 Å². The molecule has 1 fully saturated rings. The van der Waals surface area contributed by atoms with Crippen LogP contribution in [0.5, 0.6) is 0 Å². The van der Waals surface area contributed by atoms with Gasteiger partial charge in [-0.05, 0) is 32.1 Å². The molecule has 1 nitrogen and oxygen atoms in total. The van der Waals surface area contributed by atoms with Crippen LogP contribution in [0.25, 0.3) is 0 Å². The maximum Gasteiger partial charge on any atom is 0.0789 e. The van der Waals surface area contributed by atoms with Crippen molar-refractivity contribution in [2.75, 3.05) is 26.2 Å². The van der Waals surface area contributed by atoms with E-state index in [4.69, 9.17) is 0 Å². The monoisotopic (exact) mass is 184 g/mol. The van der Waals surface area contributed by atoms with E-state index >= 15 is 0 Å². The zero-order chi connectivity index (χ0) is 9.73. The summed E-state index contributed by atoms with van der Waals surface area (Å²) in [6.45, 7) is 12.7. The number of piperidine rings is 1. The summed E-state index contributed by atoms with van der Waals surface area (Å²) in [7, 11) is 0. The van der Waals surface area contributed by atoms with Crippen molar-refractivity contribution in [1.29, 1.82) is 0 Å². The summed E-state index contributed by atoms with van der Waals surface area (Å²) in [5, 5.41) is 0. The minimum absolute atomic E-state index is 0.986. The van der Waals surface area contributed by atoms with E-state index < -0.39 is 0 Å². The van der Waals surface area contributed by atoms with Crippen molar-refractivity contribution in [2.24, 2.45) is 5.92 Å². The van der Waals surface area contributed by atoms with Crippen LogP contribution in [0.1, 0.15) is 46.5 Å². The van der Waals surface area contributed by atoms with Gasteiger partial charge < -0.3 is 4.48 Å². The summed E-state index contributed by atoms with van der Waals surface area (Å²) in [5.41, 5.74) is 0. The molecular weight excluding hydrogens is 158 g/mol. The van der Waals surface area contributed by atoms with Crippen molar-refractivity contribution < 1.29 is 4.48 Å². The highest BCUT2D eigenvalue weighted by molar-refractivity contribution is 4.60. The lowest BCUT2D eigenvalue weighted by Gasteiger charge is -2.42. The smallest absolute Gasteiger partial charge is 0.0789 e. The van der Waals surface area contributed by atoms with E-state index in [1.807, 2.05) is 0 Å². The lowest BCUT2D eigenvalue weighted by atomic mass is 9.96. The Morgan fingerprint density at radius 1 is 1.15 bits per heavy atom. The third kappa shape index (κ3) is 2.98. The minimum Gasteiger partial charge on any atom is -0.324 e. The first-order valence-corrected chi connectivity index (χ1v) is 6.07. The number of hydrogen-bond donors (Lipinski definition) is 0. The second-order valence-corrected chi connectivity index (χ2v) is 4.86. The molecule has 0 radical (unpaired) electrons. The molecular formula is C12H26N+. The SMILES string of the molecule is CCCC[N+]1(CC)CCC(C)CC1. The third-order valence-corrected chi connectivity index (χ3v) is 3.85. The average Bonchev–Trinajstić information content (AvgIpc) is 2.18. The summed E-state index contributed by atoms with van der Waals surface area (Å²) in [6.07, 6.45) is 5.69. The Morgan fingerprint density at radius 3 is 2.23 bits per heavy atom. The maximum atomic E-state index is 2.41. The van der Waals surface area contributed by atoms with Crippen molar-refractivity contribution in [2.45, 2.75) is 46.5 Å². The Kier molecular flexibility index (Phi) is 4.24. The van der Waals surface area contributed by atoms with E-state index in [0.717, 1.165) is 5.92 Å². The third-order valence-electron chi connectivity index (χ3n) is 3.85. The number of rotatable bonds is 4. The molecule has 0 atom stereocenters. The fourth-order valence-electron chi connectivity index (χ4n) is 2.44. The predicted octanol–water partition coefficient (Wildman–Crippen LogP) is 3.05. The molecule has 0 aromatic rings. The summed E-state index contributed by atoms with van der Waals surface area (Å²) in [6, 6.07) is 0. The van der Waals surface area contributed by atoms with Crippen LogP contribution in [0.4, 0.5) is 0 Å². The van der Waals surface area contributed by atoms with Crippen molar-refractivity contribution in [3.63, 3.8) is 0 Å². The van der Waals surface area contributed by atoms with Crippen molar-refractivity contribution in [3.05, 3.63) is 0 Å². The molecule has 1 aliphatic heterocycles. The number of quaternary nitrogens is 1. The van der Waals surface area contributed by atoms with E-state index in [1.54, 1.807) is 0 Å². The summed E-state index contributed by atoms with van der Waals surface area (Å²) in [4.78, 5) is 0. The topological polar surface area (TPSA) is 0 Å². The highest BCUT2D eigenvalue weighted by Gasteiger charge is 2.29. The number of unbranched alkanes of at least 4 members (excludes halogenated alkanes) is 1. The Morgan fingerprint density at radius 2 is 1.77 bits per heavy atom. The minimum atomic E-state index is 0.986. The second kappa shape index (κ2) is 4.99. The Bertz CT molecular complexity index is 129. The predicted molar refractivity (Wildman–Crippen MR) is 58.7 cm³/mol. The van der Waals surface area contributed by atoms with Crippen LogP contribution in [0.3, 0.4) is 0 Å². The fraction of sp³-hybridized carbons (Fsp3) is 1.00. The summed E-state index contributed by atoms with van der Waals surface area (Å²) in [5.74, 6) is 0.986. The molecule has 78 valence electrons. The Labute approximate surface area is 83.7 Å². The number of nitrogens with zero attached hydrogens (tertiary/aromatic N) is 1. The molecule has 1 saturated heterocycles. The normalized spacial score (nSPS) is 34.8. The highest BCUT2D eigenvalue weighted by Crippen LogP contribution is 2.23. The summed E-state index contributed by atoms with van der Waals surface area (Å²) < 4.78 is 1.41. The zero-order valence-electron chi connectivity index (χ0n) is 9.68. The Hall–Kier alpha value is -0.0400. The van der Waals surface area contributed by atoms with Crippen molar-refractivity contribution in [1.82, 2.24) is 0 Å². The van der Waals surface area contributed by atoms with Crippen LogP contribution in [-0.2, 0) is 0 Å². The lowest BCUT2D eigenvalue weighted by molar-refractivity contribution is -0.932. The van der Waals surface area contributed by atoms with Crippen LogP contribution >= 0.6 is 0 Å². The van der Waals surface area contributed by atoms with Crippen LogP contribution < -0.4 is 0 Å². The zero-order valence-corrected chi connectivity index (χ0v) is 9.68. The average molecular weight is 184 g/mol. The molecule has 0 aromatic carbocycles. The molecule has 0 amide bonds. The fourth-order valence-corrected chi connectivity index (χ4v) is 2.44. The van der Waals surface area contributed by atoms with E-state index in [9.17, 15) is 0 Å². The molecule has 0 unspecified atom stereocenters. The van der Waals surface area contributed by atoms with Crippen LogP contribution in [0.15, 0.2) is 0 Å². The first kappa shape index (κ1) is 11.0. The van der Waals surface area contributed by atoms with E-state index in [0.29, 0.717) is 0 Å². The van der Waals surface area contributed by atoms with Gasteiger partial charge >= 0.3 is 0 Å². The lowest BCUT2D eigenvalue weighted by Crippen LogP contribution is -2.53. The molecule has 1 rings (SSSR count). The van der Waals surface area contributed by atoms with Gasteiger partial charge in [0.2, 0.25) is 0 Å². The van der Waals surface area contributed by atoms with Gasteiger partial charge in [-0.25, -0.2) is 0 Å². The number of likely N-dealkylation sites (tertiary alicyclic amines) is 1. The molecule has 0 saturated carbocycles. The standard InChI is InChI=1S/C12H26N/c1-4-6-9-13(5-2)10-7-12(3)8-11-13/h12H,4-11H2,1-3H3/q+1. The van der Waals surface area contributed by atoms with Crippen LogP contribution in [0.2, 0.25) is 0 Å². The van der Waals surface area contributed by atoms with Gasteiger partial charge in [0.15, 0.2) is 0 Å². The molecule has 1 aliphatic rings. The van der Waals surface area contributed by atoms with Gasteiger partial charge in [0.25, 0.3) is 0 Å². The molecule has 0 N–H and O–H groups in total. The van der Waals surface area contributed by atoms with Gasteiger partial charge in [0.1, 0.15) is 0 Å². The van der Waals surface area contributed by atoms with Gasteiger partial charge in [-0.15, -0.1) is 0 Å². The first-order valence-electron chi connectivity index (χ1n) is 6.07. The van der Waals surface area contributed by atoms with Gasteiger partial charge in [-0.1, -0.05) is 20.3 Å². The molecule has 1 heteroatoms. The molecule has 0 aliphatic carbocycles. The largest absolute Gasteiger partial charge is 0.324 e. The van der Waals surface area contributed by atoms with Crippen LogP contribution in [0, 0.1) is 5.92 Å². The molecule has 0 aromatic heterocycles. The van der Waals surface area contributed by atoms with E-state index in [1.165, 1.54) is 56.3 Å². The highest BCUT2D eigenvalue weighted by atomic mass is 15.3. The molecule has 13 heavy (non-hydrogen) atoms. The van der Waals surface area contributed by atoms with Gasteiger partial charge in [-0.3, -0.25) is 0 Å². The molecule has 0 spiro atoms. The van der Waals surface area contributed by atoms with E-state index in [-0.39, 0.29) is 0 Å². The van der Waals surface area contributed by atoms with Gasteiger partial charge in [-0.2, -0.15) is 0 Å². The molecule has 1 heterocycles. The van der Waals surface area contributed by atoms with Gasteiger partial charge in [0.05, 0.1) is 26.2 Å². The second-order valence-electron chi connectivity index (χ2n) is 4.86. The quantitative estimate of drug-likeness (QED) is 0.589. The maximum absolute atomic E-state index is 2.41. The Balaban J connectivity index is 2.40. The first-order chi connectivity index (χ1) is 6.22. The summed E-state index contributed by atoms with van der Waals surface area (Å²) >= 11 is 0. The van der Waals surface area contributed by atoms with Crippen molar-refractivity contribution in [3.8, 4) is 0 Å².